The van der Waals surface area contributed by atoms with E-state index >= 15 is 0 Å². The molecule has 2 aromatic heterocycles. The summed E-state index contributed by atoms with van der Waals surface area (Å²) >= 11 is 0. The van der Waals surface area contributed by atoms with E-state index in [2.05, 4.69) is 58.5 Å². The lowest BCUT2D eigenvalue weighted by Gasteiger charge is -2.15. The summed E-state index contributed by atoms with van der Waals surface area (Å²) in [5.74, 6) is 0.0969. The first-order valence-electron chi connectivity index (χ1n) is 12.6. The topological polar surface area (TPSA) is 123 Å². The van der Waals surface area contributed by atoms with Crippen molar-refractivity contribution in [3.63, 3.8) is 0 Å². The number of aryl methyl sites for hydroxylation is 2. The van der Waals surface area contributed by atoms with E-state index < -0.39 is 11.6 Å². The second kappa shape index (κ2) is 9.98. The number of benzene rings is 2. The minimum absolute atomic E-state index is 0.00605. The van der Waals surface area contributed by atoms with Crippen molar-refractivity contribution in [2.24, 2.45) is 5.92 Å². The fourth-order valence-electron chi connectivity index (χ4n) is 4.79. The number of carboxylic acid groups (broad SMARTS) is 1. The number of pyridine rings is 1. The molecule has 1 unspecified atom stereocenters. The molecule has 2 atom stereocenters. The van der Waals surface area contributed by atoms with Gasteiger partial charge in [0, 0.05) is 17.2 Å². The molecule has 0 bridgehead atoms. The summed E-state index contributed by atoms with van der Waals surface area (Å²) in [6, 6.07) is 16.1. The number of aliphatic carboxylic acids is 1. The van der Waals surface area contributed by atoms with Crippen LogP contribution in [0.3, 0.4) is 0 Å². The molecule has 2 aromatic carbocycles. The molecule has 9 heteroatoms. The first-order valence-corrected chi connectivity index (χ1v) is 12.6. The highest BCUT2D eigenvalue weighted by Gasteiger charge is 2.45. The zero-order valence-electron chi connectivity index (χ0n) is 21.9. The van der Waals surface area contributed by atoms with Gasteiger partial charge in [-0.05, 0) is 97.5 Å². The first kappa shape index (κ1) is 25.5. The van der Waals surface area contributed by atoms with Crippen LogP contribution in [-0.4, -0.2) is 47.0 Å². The third-order valence-electron chi connectivity index (χ3n) is 6.64. The number of aromatic nitrogens is 5. The van der Waals surface area contributed by atoms with Crippen molar-refractivity contribution in [1.82, 2.24) is 25.2 Å². The van der Waals surface area contributed by atoms with Crippen LogP contribution in [0.25, 0.3) is 22.5 Å². The Morgan fingerprint density at radius 3 is 2.50 bits per heavy atom. The molecule has 0 aliphatic heterocycles. The van der Waals surface area contributed by atoms with Gasteiger partial charge in [-0.15, -0.1) is 10.2 Å². The van der Waals surface area contributed by atoms with Crippen molar-refractivity contribution >= 4 is 5.97 Å². The average molecular weight is 514 g/mol. The van der Waals surface area contributed by atoms with E-state index in [1.54, 1.807) is 20.0 Å². The maximum Gasteiger partial charge on any atom is 0.307 e. The van der Waals surface area contributed by atoms with Gasteiger partial charge in [0.15, 0.2) is 0 Å². The molecular formula is C29H31N5O4. The Hall–Kier alpha value is -4.11. The van der Waals surface area contributed by atoms with Crippen LogP contribution in [0.4, 0.5) is 0 Å². The maximum atomic E-state index is 11.1. The number of carboxylic acids is 1. The van der Waals surface area contributed by atoms with Gasteiger partial charge in [-0.3, -0.25) is 9.78 Å². The minimum Gasteiger partial charge on any atom is -0.487 e. The van der Waals surface area contributed by atoms with Crippen molar-refractivity contribution in [3.8, 4) is 28.3 Å². The summed E-state index contributed by atoms with van der Waals surface area (Å²) in [5, 5.41) is 31.8. The monoisotopic (exact) mass is 513 g/mol. The molecule has 1 aliphatic carbocycles. The second-order valence-corrected chi connectivity index (χ2v) is 10.6. The van der Waals surface area contributed by atoms with Crippen LogP contribution in [-0.2, 0) is 17.9 Å². The van der Waals surface area contributed by atoms with E-state index in [1.807, 2.05) is 24.3 Å². The highest BCUT2D eigenvalue weighted by molar-refractivity contribution is 5.76. The first-order chi connectivity index (χ1) is 18.1. The molecule has 1 saturated carbocycles. The molecule has 0 spiro atoms. The SMILES string of the molecule is Cc1cc(-c2nnn(CC(C)(C)O)n2)cc(C)c1-c1cccc(COc2ccc(C3C[C@H]3C(=O)O)nc2)c1. The van der Waals surface area contributed by atoms with E-state index in [1.165, 1.54) is 4.80 Å². The van der Waals surface area contributed by atoms with Crippen molar-refractivity contribution < 1.29 is 19.7 Å². The molecule has 5 rings (SSSR count). The van der Waals surface area contributed by atoms with Crippen LogP contribution in [0.1, 0.15) is 48.6 Å². The zero-order valence-corrected chi connectivity index (χ0v) is 21.9. The number of tetrazole rings is 1. The lowest BCUT2D eigenvalue weighted by atomic mass is 9.92. The third kappa shape index (κ3) is 5.73. The van der Waals surface area contributed by atoms with E-state index in [9.17, 15) is 9.90 Å². The van der Waals surface area contributed by atoms with Crippen molar-refractivity contribution in [3.05, 3.63) is 77.1 Å². The Labute approximate surface area is 221 Å². The van der Waals surface area contributed by atoms with Gasteiger partial charge >= 0.3 is 5.97 Å². The smallest absolute Gasteiger partial charge is 0.307 e. The summed E-state index contributed by atoms with van der Waals surface area (Å²) < 4.78 is 5.96. The fraction of sp³-hybridized carbons (Fsp3) is 0.345. The number of nitrogens with zero attached hydrogens (tertiary/aromatic N) is 5. The number of carbonyl (C=O) groups is 1. The van der Waals surface area contributed by atoms with Crippen molar-refractivity contribution in [1.29, 1.82) is 0 Å². The molecule has 1 aliphatic rings. The number of aliphatic hydroxyl groups is 1. The molecule has 0 saturated heterocycles. The van der Waals surface area contributed by atoms with Crippen LogP contribution >= 0.6 is 0 Å². The quantitative estimate of drug-likeness (QED) is 0.334. The largest absolute Gasteiger partial charge is 0.487 e. The number of ether oxygens (including phenoxy) is 1. The highest BCUT2D eigenvalue weighted by atomic mass is 16.5. The minimum atomic E-state index is -0.926. The van der Waals surface area contributed by atoms with Gasteiger partial charge in [0.1, 0.15) is 12.4 Å². The summed E-state index contributed by atoms with van der Waals surface area (Å²) in [7, 11) is 0. The lowest BCUT2D eigenvalue weighted by molar-refractivity contribution is -0.138. The van der Waals surface area contributed by atoms with Gasteiger partial charge in [-0.25, -0.2) is 0 Å². The normalized spacial score (nSPS) is 16.9. The second-order valence-electron chi connectivity index (χ2n) is 10.6. The average Bonchev–Trinajstić information content (AvgIpc) is 3.54. The van der Waals surface area contributed by atoms with E-state index in [0.29, 0.717) is 24.6 Å². The van der Waals surface area contributed by atoms with Crippen LogP contribution in [0, 0.1) is 19.8 Å². The molecule has 196 valence electrons. The number of rotatable bonds is 9. The van der Waals surface area contributed by atoms with E-state index in [4.69, 9.17) is 9.84 Å². The highest BCUT2D eigenvalue weighted by Crippen LogP contribution is 2.46. The standard InChI is InChI=1S/C29H31N5O4/c1-17-10-21(27-31-33-34(32-27)16-29(3,4)37)11-18(2)26(17)20-7-5-6-19(12-20)15-38-22-8-9-25(30-14-22)23-13-24(23)28(35)36/h5-12,14,23-24,37H,13,15-16H2,1-4H3,(H,35,36)/t23?,24-/m1/s1. The van der Waals surface area contributed by atoms with Gasteiger partial charge in [0.25, 0.3) is 0 Å². The van der Waals surface area contributed by atoms with Crippen LogP contribution < -0.4 is 4.74 Å². The molecule has 2 N–H and O–H groups in total. The van der Waals surface area contributed by atoms with Crippen LogP contribution in [0.5, 0.6) is 5.75 Å². The van der Waals surface area contributed by atoms with Gasteiger partial charge in [-0.2, -0.15) is 4.80 Å². The number of hydrogen-bond acceptors (Lipinski definition) is 7. The summed E-state index contributed by atoms with van der Waals surface area (Å²) in [4.78, 5) is 16.9. The van der Waals surface area contributed by atoms with Crippen LogP contribution in [0.2, 0.25) is 0 Å². The van der Waals surface area contributed by atoms with Gasteiger partial charge in [0.05, 0.1) is 24.3 Å². The maximum absolute atomic E-state index is 11.1. The molecule has 0 radical (unpaired) electrons. The van der Waals surface area contributed by atoms with Crippen LogP contribution in [0.15, 0.2) is 54.7 Å². The van der Waals surface area contributed by atoms with E-state index in [-0.39, 0.29) is 18.4 Å². The molecule has 1 fully saturated rings. The van der Waals surface area contributed by atoms with E-state index in [0.717, 1.165) is 39.1 Å². The summed E-state index contributed by atoms with van der Waals surface area (Å²) in [6.45, 7) is 8.20. The van der Waals surface area contributed by atoms with Crippen molar-refractivity contribution in [2.45, 2.75) is 58.8 Å². The molecule has 4 aromatic rings. The summed E-state index contributed by atoms with van der Waals surface area (Å²) in [5.41, 5.74) is 6.20. The van der Waals surface area contributed by atoms with Gasteiger partial charge < -0.3 is 14.9 Å². The number of hydrogen-bond donors (Lipinski definition) is 2. The Kier molecular flexibility index (Phi) is 6.71. The molecule has 9 nitrogen and oxygen atoms in total. The molecule has 38 heavy (non-hydrogen) atoms. The van der Waals surface area contributed by atoms with Gasteiger partial charge in [0.2, 0.25) is 5.82 Å². The third-order valence-corrected chi connectivity index (χ3v) is 6.64. The zero-order chi connectivity index (χ0) is 27.0. The fourth-order valence-corrected chi connectivity index (χ4v) is 4.79. The molecule has 2 heterocycles. The molecule has 0 amide bonds. The Bertz CT molecular complexity index is 1450. The van der Waals surface area contributed by atoms with Gasteiger partial charge in [-0.1, -0.05) is 18.2 Å². The predicted molar refractivity (Wildman–Crippen MR) is 142 cm³/mol. The molecular weight excluding hydrogens is 482 g/mol. The lowest BCUT2D eigenvalue weighted by Crippen LogP contribution is -2.27. The van der Waals surface area contributed by atoms with Crippen molar-refractivity contribution in [2.75, 3.05) is 0 Å². The summed E-state index contributed by atoms with van der Waals surface area (Å²) in [6.07, 6.45) is 2.31. The predicted octanol–water partition coefficient (Wildman–Crippen LogP) is 4.56. The Balaban J connectivity index is 1.28. The Morgan fingerprint density at radius 2 is 1.87 bits per heavy atom. The Morgan fingerprint density at radius 1 is 1.11 bits per heavy atom.